The van der Waals surface area contributed by atoms with Gasteiger partial charge < -0.3 is 48.5 Å². The third kappa shape index (κ3) is 10.7. The van der Waals surface area contributed by atoms with Crippen molar-refractivity contribution in [1.29, 1.82) is 0 Å². The number of amides is 4. The van der Waals surface area contributed by atoms with Gasteiger partial charge >= 0.3 is 5.97 Å². The number of unbranched alkanes of at least 4 members (excludes halogenated alkanes) is 1. The number of aliphatic carboxylic acids is 1. The van der Waals surface area contributed by atoms with Crippen molar-refractivity contribution >= 4 is 29.6 Å². The number of benzene rings is 1. The molecule has 0 aromatic heterocycles. The van der Waals surface area contributed by atoms with Crippen molar-refractivity contribution in [2.45, 2.75) is 56.3 Å². The van der Waals surface area contributed by atoms with Crippen LogP contribution in [0.5, 0.6) is 5.75 Å². The maximum atomic E-state index is 13.1. The van der Waals surface area contributed by atoms with Gasteiger partial charge in [-0.15, -0.1) is 0 Å². The van der Waals surface area contributed by atoms with Crippen LogP contribution in [0.25, 0.3) is 0 Å². The smallest absolute Gasteiger partial charge is 0.328 e. The summed E-state index contributed by atoms with van der Waals surface area (Å²) in [5, 5.41) is 34.9. The highest BCUT2D eigenvalue weighted by Gasteiger charge is 2.30. The van der Waals surface area contributed by atoms with Crippen LogP contribution >= 0.6 is 0 Å². The maximum Gasteiger partial charge on any atom is 0.328 e. The summed E-state index contributed by atoms with van der Waals surface area (Å²) in [4.78, 5) is 60.6. The van der Waals surface area contributed by atoms with E-state index in [2.05, 4.69) is 16.0 Å². The quantitative estimate of drug-likeness (QED) is 0.101. The Kier molecular flexibility index (Phi) is 12.9. The van der Waals surface area contributed by atoms with Gasteiger partial charge in [0.25, 0.3) is 0 Å². The third-order valence-electron chi connectivity index (χ3n) is 5.14. The lowest BCUT2D eigenvalue weighted by atomic mass is 10.0. The molecule has 4 unspecified atom stereocenters. The number of phenols is 1. The highest BCUT2D eigenvalue weighted by atomic mass is 16.4. The Labute approximate surface area is 207 Å². The Bertz CT molecular complexity index is 910. The summed E-state index contributed by atoms with van der Waals surface area (Å²) >= 11 is 0. The van der Waals surface area contributed by atoms with Crippen molar-refractivity contribution < 1.29 is 39.3 Å². The van der Waals surface area contributed by atoms with Crippen LogP contribution in [0, 0.1) is 0 Å². The Morgan fingerprint density at radius 1 is 0.861 bits per heavy atom. The average molecular weight is 511 g/mol. The van der Waals surface area contributed by atoms with E-state index in [9.17, 15) is 34.2 Å². The van der Waals surface area contributed by atoms with Gasteiger partial charge in [0.05, 0.1) is 19.1 Å². The van der Waals surface area contributed by atoms with Crippen LogP contribution < -0.4 is 33.2 Å². The first-order chi connectivity index (χ1) is 17.0. The SMILES string of the molecule is NCCCCC(NC(=O)C(N)CC(N)=O)C(=O)NC(Cc1ccc(O)cc1)C(=O)NC(CO)C(=O)O. The minimum absolute atomic E-state index is 0.0232. The van der Waals surface area contributed by atoms with Gasteiger partial charge in [0, 0.05) is 6.42 Å². The van der Waals surface area contributed by atoms with Crippen molar-refractivity contribution in [2.75, 3.05) is 13.2 Å². The third-order valence-corrected chi connectivity index (χ3v) is 5.14. The molecular weight excluding hydrogens is 476 g/mol. The summed E-state index contributed by atoms with van der Waals surface area (Å²) in [5.41, 5.74) is 16.7. The Balaban J connectivity index is 3.11. The standard InChI is InChI=1S/C22H34N6O8/c23-8-2-1-3-15(26-19(32)14(24)10-18(25)31)20(33)27-16(9-12-4-6-13(30)7-5-12)21(34)28-17(11-29)22(35)36/h4-7,14-17,29-30H,1-3,8-11,23-24H2,(H2,25,31)(H,26,32)(H,27,33)(H,28,34)(H,35,36). The number of hydrogen-bond donors (Lipinski definition) is 9. The number of phenolic OH excluding ortho intramolecular Hbond substituents is 1. The zero-order valence-corrected chi connectivity index (χ0v) is 19.7. The molecule has 0 aliphatic heterocycles. The number of hydrogen-bond acceptors (Lipinski definition) is 9. The van der Waals surface area contributed by atoms with E-state index in [0.29, 0.717) is 24.9 Å². The zero-order chi connectivity index (χ0) is 27.3. The van der Waals surface area contributed by atoms with Gasteiger partial charge in [-0.1, -0.05) is 12.1 Å². The Morgan fingerprint density at radius 2 is 1.42 bits per heavy atom. The van der Waals surface area contributed by atoms with Crippen molar-refractivity contribution in [3.05, 3.63) is 29.8 Å². The van der Waals surface area contributed by atoms with Gasteiger partial charge in [0.2, 0.25) is 23.6 Å². The highest BCUT2D eigenvalue weighted by Crippen LogP contribution is 2.12. The molecule has 1 aromatic rings. The molecule has 14 nitrogen and oxygen atoms in total. The fourth-order valence-corrected chi connectivity index (χ4v) is 3.16. The van der Waals surface area contributed by atoms with Crippen LogP contribution in [0.2, 0.25) is 0 Å². The number of aliphatic hydroxyl groups excluding tert-OH is 1. The predicted molar refractivity (Wildman–Crippen MR) is 127 cm³/mol. The molecule has 200 valence electrons. The average Bonchev–Trinajstić information content (AvgIpc) is 2.81. The van der Waals surface area contributed by atoms with Gasteiger partial charge in [0.1, 0.15) is 23.9 Å². The summed E-state index contributed by atoms with van der Waals surface area (Å²) in [6, 6.07) is 0.409. The molecule has 0 fully saturated rings. The molecule has 4 atom stereocenters. The molecular formula is C22H34N6O8. The molecule has 4 amide bonds. The second-order valence-corrected chi connectivity index (χ2v) is 8.14. The van der Waals surface area contributed by atoms with Crippen molar-refractivity contribution in [2.24, 2.45) is 17.2 Å². The van der Waals surface area contributed by atoms with E-state index in [0.717, 1.165) is 0 Å². The number of rotatable bonds is 16. The molecule has 12 N–H and O–H groups in total. The molecule has 0 saturated carbocycles. The number of aliphatic hydroxyl groups is 1. The van der Waals surface area contributed by atoms with E-state index >= 15 is 0 Å². The number of aromatic hydroxyl groups is 1. The molecule has 0 saturated heterocycles. The summed E-state index contributed by atoms with van der Waals surface area (Å²) in [6.07, 6.45) is 0.592. The highest BCUT2D eigenvalue weighted by molar-refractivity contribution is 5.95. The van der Waals surface area contributed by atoms with Crippen molar-refractivity contribution in [3.8, 4) is 5.75 Å². The lowest BCUT2D eigenvalue weighted by Crippen LogP contribution is -2.58. The predicted octanol–water partition coefficient (Wildman–Crippen LogP) is -3.20. The topological polar surface area (TPSA) is 260 Å². The molecule has 0 radical (unpaired) electrons. The Morgan fingerprint density at radius 3 is 1.94 bits per heavy atom. The second-order valence-electron chi connectivity index (χ2n) is 8.14. The van der Waals surface area contributed by atoms with E-state index in [4.69, 9.17) is 22.3 Å². The van der Waals surface area contributed by atoms with E-state index in [1.165, 1.54) is 24.3 Å². The molecule has 1 aromatic carbocycles. The number of carbonyl (C=O) groups is 5. The minimum atomic E-state index is -1.61. The van der Waals surface area contributed by atoms with Crippen LogP contribution in [0.4, 0.5) is 0 Å². The minimum Gasteiger partial charge on any atom is -0.508 e. The summed E-state index contributed by atoms with van der Waals surface area (Å²) in [7, 11) is 0. The molecule has 1 rings (SSSR count). The molecule has 0 spiro atoms. The zero-order valence-electron chi connectivity index (χ0n) is 19.7. The normalized spacial score (nSPS) is 14.1. The van der Waals surface area contributed by atoms with Crippen molar-refractivity contribution in [3.63, 3.8) is 0 Å². The molecule has 14 heteroatoms. The van der Waals surface area contributed by atoms with Crippen LogP contribution in [0.1, 0.15) is 31.2 Å². The summed E-state index contributed by atoms with van der Waals surface area (Å²) in [6.45, 7) is -0.538. The monoisotopic (exact) mass is 510 g/mol. The number of carboxylic acids is 1. The first-order valence-corrected chi connectivity index (χ1v) is 11.2. The fourth-order valence-electron chi connectivity index (χ4n) is 3.16. The number of nitrogens with one attached hydrogen (secondary N) is 3. The number of nitrogens with two attached hydrogens (primary N) is 3. The number of carboxylic acid groups (broad SMARTS) is 1. The number of carbonyl (C=O) groups excluding carboxylic acids is 4. The van der Waals surface area contributed by atoms with Gasteiger partial charge in [0.15, 0.2) is 0 Å². The van der Waals surface area contributed by atoms with E-state index < -0.39 is 66.8 Å². The summed E-state index contributed by atoms with van der Waals surface area (Å²) in [5.74, 6) is -4.76. The lowest BCUT2D eigenvalue weighted by molar-refractivity contribution is -0.143. The van der Waals surface area contributed by atoms with Crippen LogP contribution in [-0.4, -0.2) is 82.2 Å². The maximum absolute atomic E-state index is 13.1. The van der Waals surface area contributed by atoms with Gasteiger partial charge in [-0.25, -0.2) is 4.79 Å². The molecule has 0 heterocycles. The molecule has 36 heavy (non-hydrogen) atoms. The van der Waals surface area contributed by atoms with Gasteiger partial charge in [-0.2, -0.15) is 0 Å². The first-order valence-electron chi connectivity index (χ1n) is 11.2. The van der Waals surface area contributed by atoms with E-state index in [1.807, 2.05) is 0 Å². The molecule has 0 aliphatic carbocycles. The van der Waals surface area contributed by atoms with Crippen LogP contribution in [-0.2, 0) is 30.4 Å². The van der Waals surface area contributed by atoms with Gasteiger partial charge in [-0.05, 0) is 43.5 Å². The van der Waals surface area contributed by atoms with E-state index in [1.54, 1.807) is 0 Å². The fraction of sp³-hybridized carbons (Fsp3) is 0.500. The van der Waals surface area contributed by atoms with Crippen LogP contribution in [0.15, 0.2) is 24.3 Å². The molecule has 0 aliphatic rings. The number of primary amides is 1. The van der Waals surface area contributed by atoms with Crippen molar-refractivity contribution in [1.82, 2.24) is 16.0 Å². The summed E-state index contributed by atoms with van der Waals surface area (Å²) < 4.78 is 0. The lowest BCUT2D eigenvalue weighted by Gasteiger charge is -2.25. The van der Waals surface area contributed by atoms with Crippen LogP contribution in [0.3, 0.4) is 0 Å². The first kappa shape index (κ1) is 30.3. The molecule has 0 bridgehead atoms. The second kappa shape index (κ2) is 15.3. The largest absolute Gasteiger partial charge is 0.508 e. The van der Waals surface area contributed by atoms with Gasteiger partial charge in [-0.3, -0.25) is 19.2 Å². The van der Waals surface area contributed by atoms with E-state index in [-0.39, 0.29) is 18.6 Å². The Hall–Kier alpha value is -3.75.